The second-order valence-corrected chi connectivity index (χ2v) is 8.69. The van der Waals surface area contributed by atoms with E-state index in [2.05, 4.69) is 52.0 Å². The summed E-state index contributed by atoms with van der Waals surface area (Å²) in [5.74, 6) is 1.05. The molecule has 0 aromatic heterocycles. The molecule has 1 aromatic carbocycles. The van der Waals surface area contributed by atoms with Gasteiger partial charge in [-0.05, 0) is 65.4 Å². The molecule has 124 valence electrons. The highest BCUT2D eigenvalue weighted by atomic mass is 16.7. The topological polar surface area (TPSA) is 27.7 Å². The summed E-state index contributed by atoms with van der Waals surface area (Å²) in [7, 11) is -0.0615. The average Bonchev–Trinajstić information content (AvgIpc) is 2.57. The molecule has 2 bridgehead atoms. The van der Waals surface area contributed by atoms with Crippen molar-refractivity contribution in [3.8, 4) is 5.75 Å². The van der Waals surface area contributed by atoms with Gasteiger partial charge in [-0.2, -0.15) is 0 Å². The molecule has 0 unspecified atom stereocenters. The maximum absolute atomic E-state index is 6.31. The molecule has 5 rings (SSSR count). The molecule has 0 spiro atoms. The molecule has 3 saturated carbocycles. The van der Waals surface area contributed by atoms with Gasteiger partial charge in [0, 0.05) is 10.9 Å². The zero-order valence-electron chi connectivity index (χ0n) is 14.9. The minimum Gasteiger partial charge on any atom is -0.494 e. The minimum absolute atomic E-state index is 0.0615. The van der Waals surface area contributed by atoms with E-state index in [4.69, 9.17) is 14.0 Å². The minimum atomic E-state index is -0.233. The summed E-state index contributed by atoms with van der Waals surface area (Å²) in [5.41, 5.74) is 1.20. The first-order valence-electron chi connectivity index (χ1n) is 8.82. The van der Waals surface area contributed by atoms with Crippen molar-refractivity contribution >= 4 is 7.12 Å². The predicted octanol–water partition coefficient (Wildman–Crippen LogP) is 4.35. The lowest BCUT2D eigenvalue weighted by Gasteiger charge is -2.71. The maximum atomic E-state index is 6.31. The number of ether oxygens (including phenoxy) is 1. The van der Waals surface area contributed by atoms with Gasteiger partial charge < -0.3 is 14.0 Å². The monoisotopic (exact) mass is 314 g/mol. The van der Waals surface area contributed by atoms with Crippen LogP contribution in [0.1, 0.15) is 59.4 Å². The molecule has 0 N–H and O–H groups in total. The van der Waals surface area contributed by atoms with Crippen molar-refractivity contribution in [3.63, 3.8) is 0 Å². The highest BCUT2D eigenvalue weighted by Crippen LogP contribution is 2.81. The number of hydrogen-bond donors (Lipinski definition) is 0. The van der Waals surface area contributed by atoms with E-state index in [-0.39, 0.29) is 29.0 Å². The highest BCUT2D eigenvalue weighted by Gasteiger charge is 2.77. The molecule has 1 aromatic rings. The van der Waals surface area contributed by atoms with Crippen LogP contribution in [0.4, 0.5) is 0 Å². The molecule has 4 aliphatic rings. The van der Waals surface area contributed by atoms with Crippen molar-refractivity contribution < 1.29 is 14.0 Å². The van der Waals surface area contributed by atoms with E-state index in [1.165, 1.54) is 5.56 Å². The van der Waals surface area contributed by atoms with Crippen LogP contribution in [0.25, 0.3) is 0 Å². The summed E-state index contributed by atoms with van der Waals surface area (Å²) in [6, 6.07) is 8.52. The standard InChI is InChI=1S/C19H27BO3/c1-6-21-15-10-8-7-9-14(15)18-11-19(12-18,13-18)20-22-16(2,3)17(4,5)23-20/h7-10H,6,11-13H2,1-5H3. The van der Waals surface area contributed by atoms with E-state index < -0.39 is 0 Å². The van der Waals surface area contributed by atoms with Crippen molar-refractivity contribution in [3.05, 3.63) is 29.8 Å². The average molecular weight is 314 g/mol. The number of para-hydroxylation sites is 1. The molecule has 1 saturated heterocycles. The number of rotatable bonds is 4. The molecule has 3 aliphatic carbocycles. The van der Waals surface area contributed by atoms with Crippen molar-refractivity contribution in [1.82, 2.24) is 0 Å². The third-order valence-corrected chi connectivity index (χ3v) is 6.58. The third-order valence-electron chi connectivity index (χ3n) is 6.58. The van der Waals surface area contributed by atoms with Crippen molar-refractivity contribution in [2.75, 3.05) is 6.61 Å². The van der Waals surface area contributed by atoms with E-state index in [1.54, 1.807) is 0 Å². The Bertz CT molecular complexity index is 601. The van der Waals surface area contributed by atoms with Crippen molar-refractivity contribution in [1.29, 1.82) is 0 Å². The first-order valence-corrected chi connectivity index (χ1v) is 8.82. The van der Waals surface area contributed by atoms with E-state index in [9.17, 15) is 0 Å². The van der Waals surface area contributed by atoms with E-state index in [1.807, 2.05) is 6.92 Å². The Labute approximate surface area is 139 Å². The summed E-state index contributed by atoms with van der Waals surface area (Å²) < 4.78 is 18.5. The molecule has 0 amide bonds. The second kappa shape index (κ2) is 4.55. The van der Waals surface area contributed by atoms with Gasteiger partial charge in [0.05, 0.1) is 17.8 Å². The Morgan fingerprint density at radius 1 is 1.00 bits per heavy atom. The molecular formula is C19H27BO3. The fraction of sp³-hybridized carbons (Fsp3) is 0.684. The van der Waals surface area contributed by atoms with Crippen LogP contribution >= 0.6 is 0 Å². The van der Waals surface area contributed by atoms with Gasteiger partial charge in [-0.3, -0.25) is 0 Å². The summed E-state index contributed by atoms with van der Waals surface area (Å²) in [5, 5.41) is 0.213. The van der Waals surface area contributed by atoms with Crippen LogP contribution in [0, 0.1) is 0 Å². The largest absolute Gasteiger partial charge is 0.494 e. The summed E-state index contributed by atoms with van der Waals surface area (Å²) in [6.45, 7) is 11.3. The fourth-order valence-electron chi connectivity index (χ4n) is 4.68. The Balaban J connectivity index is 1.52. The summed E-state index contributed by atoms with van der Waals surface area (Å²) in [4.78, 5) is 0. The quantitative estimate of drug-likeness (QED) is 0.773. The molecular weight excluding hydrogens is 287 g/mol. The van der Waals surface area contributed by atoms with Crippen molar-refractivity contribution in [2.45, 2.75) is 75.8 Å². The normalized spacial score (nSPS) is 36.3. The smallest absolute Gasteiger partial charge is 0.464 e. The van der Waals surface area contributed by atoms with Crippen LogP contribution in [-0.2, 0) is 14.7 Å². The van der Waals surface area contributed by atoms with Crippen LogP contribution in [0.2, 0.25) is 5.31 Å². The molecule has 0 atom stereocenters. The van der Waals surface area contributed by atoms with Gasteiger partial charge in [0.25, 0.3) is 0 Å². The lowest BCUT2D eigenvalue weighted by molar-refractivity contribution is -0.0399. The summed E-state index contributed by atoms with van der Waals surface area (Å²) in [6.07, 6.45) is 3.46. The van der Waals surface area contributed by atoms with Gasteiger partial charge in [-0.25, -0.2) is 0 Å². The van der Waals surface area contributed by atoms with Gasteiger partial charge in [0.1, 0.15) is 5.75 Å². The molecule has 1 heterocycles. The van der Waals surface area contributed by atoms with E-state index in [0.29, 0.717) is 0 Å². The van der Waals surface area contributed by atoms with E-state index >= 15 is 0 Å². The van der Waals surface area contributed by atoms with Crippen LogP contribution in [-0.4, -0.2) is 24.9 Å². The molecule has 1 aliphatic heterocycles. The fourth-order valence-corrected chi connectivity index (χ4v) is 4.68. The number of benzene rings is 1. The van der Waals surface area contributed by atoms with Gasteiger partial charge in [0.15, 0.2) is 0 Å². The molecule has 4 heteroatoms. The second-order valence-electron chi connectivity index (χ2n) is 8.69. The summed E-state index contributed by atoms with van der Waals surface area (Å²) >= 11 is 0. The number of hydrogen-bond acceptors (Lipinski definition) is 3. The van der Waals surface area contributed by atoms with Crippen LogP contribution < -0.4 is 4.74 Å². The highest BCUT2D eigenvalue weighted by molar-refractivity contribution is 6.51. The van der Waals surface area contributed by atoms with Gasteiger partial charge >= 0.3 is 7.12 Å². The Kier molecular flexibility index (Phi) is 3.07. The first-order chi connectivity index (χ1) is 10.7. The zero-order chi connectivity index (χ0) is 16.5. The van der Waals surface area contributed by atoms with Gasteiger partial charge in [-0.15, -0.1) is 0 Å². The van der Waals surface area contributed by atoms with Crippen LogP contribution in [0.3, 0.4) is 0 Å². The SMILES string of the molecule is CCOc1ccccc1C12CC(B3OC(C)(C)C(C)(C)O3)(C1)C2. The molecule has 3 nitrogen and oxygen atoms in total. The maximum Gasteiger partial charge on any atom is 0.464 e. The molecule has 4 fully saturated rings. The van der Waals surface area contributed by atoms with Gasteiger partial charge in [-0.1, -0.05) is 18.2 Å². The molecule has 23 heavy (non-hydrogen) atoms. The Morgan fingerprint density at radius 2 is 1.57 bits per heavy atom. The lowest BCUT2D eigenvalue weighted by Crippen LogP contribution is -2.66. The van der Waals surface area contributed by atoms with Crippen LogP contribution in [0.15, 0.2) is 24.3 Å². The zero-order valence-corrected chi connectivity index (χ0v) is 14.9. The Morgan fingerprint density at radius 3 is 2.13 bits per heavy atom. The molecule has 0 radical (unpaired) electrons. The van der Waals surface area contributed by atoms with Crippen LogP contribution in [0.5, 0.6) is 5.75 Å². The van der Waals surface area contributed by atoms with Gasteiger partial charge in [0.2, 0.25) is 0 Å². The van der Waals surface area contributed by atoms with E-state index in [0.717, 1.165) is 31.6 Å². The predicted molar refractivity (Wildman–Crippen MR) is 91.9 cm³/mol. The third kappa shape index (κ3) is 1.97. The Hall–Kier alpha value is -0.995. The first kappa shape index (κ1) is 15.5. The van der Waals surface area contributed by atoms with Crippen molar-refractivity contribution in [2.24, 2.45) is 0 Å². The lowest BCUT2D eigenvalue weighted by atomic mass is 9.23.